The molecule has 30 heavy (non-hydrogen) atoms. The first-order valence-electron chi connectivity index (χ1n) is 10.5. The molecule has 3 N–H and O–H groups in total. The van der Waals surface area contributed by atoms with Crippen LogP contribution in [0.25, 0.3) is 0 Å². The van der Waals surface area contributed by atoms with Crippen LogP contribution in [0.15, 0.2) is 35.3 Å². The number of nitrogens with one attached hydrogen (secondary N) is 3. The first kappa shape index (κ1) is 26.2. The fourth-order valence-corrected chi connectivity index (χ4v) is 3.72. The maximum Gasteiger partial charge on any atom is 0.230 e. The molecule has 1 saturated carbocycles. The number of aliphatic imine (C=N–C) groups is 1. The number of hydrogen-bond acceptors (Lipinski definition) is 3. The van der Waals surface area contributed by atoms with Gasteiger partial charge in [-0.3, -0.25) is 14.6 Å². The van der Waals surface area contributed by atoms with E-state index in [1.165, 1.54) is 0 Å². The van der Waals surface area contributed by atoms with Crippen LogP contribution < -0.4 is 16.0 Å². The molecule has 0 atom stereocenters. The standard InChI is InChI=1S/C22H35N5O2.HI/c1-4-23-21(26-17-22(13-8-9-14-22)20(29)27(2)3)24-15-12-19(28)25-16-18-10-6-5-7-11-18;/h5-7,10-11H,4,8-9,12-17H2,1-3H3,(H,25,28)(H2,23,24,26);1H. The SMILES string of the molecule is CCNC(=NCC1(C(=O)N(C)C)CCCC1)NCCC(=O)NCc1ccccc1.I. The highest BCUT2D eigenvalue weighted by Crippen LogP contribution is 2.39. The lowest BCUT2D eigenvalue weighted by Gasteiger charge is -2.29. The number of hydrogen-bond donors (Lipinski definition) is 3. The van der Waals surface area contributed by atoms with Crippen LogP contribution in [0.2, 0.25) is 0 Å². The molecule has 1 aromatic carbocycles. The second kappa shape index (κ2) is 13.5. The van der Waals surface area contributed by atoms with Crippen LogP contribution in [0.3, 0.4) is 0 Å². The number of halogens is 1. The zero-order valence-electron chi connectivity index (χ0n) is 18.4. The highest BCUT2D eigenvalue weighted by Gasteiger charge is 2.42. The molecule has 0 spiro atoms. The minimum atomic E-state index is -0.390. The molecule has 8 heteroatoms. The lowest BCUT2D eigenvalue weighted by molar-refractivity contribution is -0.138. The lowest BCUT2D eigenvalue weighted by Crippen LogP contribution is -2.43. The molecule has 0 saturated heterocycles. The summed E-state index contributed by atoms with van der Waals surface area (Å²) in [5, 5.41) is 9.34. The summed E-state index contributed by atoms with van der Waals surface area (Å²) in [5.41, 5.74) is 0.690. The summed E-state index contributed by atoms with van der Waals surface area (Å²) in [6.45, 7) is 4.21. The number of amides is 2. The maximum atomic E-state index is 12.7. The fourth-order valence-electron chi connectivity index (χ4n) is 3.72. The number of carbonyl (C=O) groups is 2. The van der Waals surface area contributed by atoms with E-state index in [1.54, 1.807) is 4.90 Å². The van der Waals surface area contributed by atoms with Crippen molar-refractivity contribution in [2.75, 3.05) is 33.7 Å². The molecule has 168 valence electrons. The van der Waals surface area contributed by atoms with E-state index in [9.17, 15) is 9.59 Å². The molecule has 0 radical (unpaired) electrons. The third kappa shape index (κ3) is 8.12. The second-order valence-corrected chi connectivity index (χ2v) is 7.82. The van der Waals surface area contributed by atoms with Gasteiger partial charge in [0.05, 0.1) is 12.0 Å². The molecule has 7 nitrogen and oxygen atoms in total. The first-order valence-corrected chi connectivity index (χ1v) is 10.5. The van der Waals surface area contributed by atoms with Gasteiger partial charge in [-0.1, -0.05) is 43.2 Å². The Morgan fingerprint density at radius 1 is 1.07 bits per heavy atom. The molecule has 1 aliphatic carbocycles. The summed E-state index contributed by atoms with van der Waals surface area (Å²) in [6.07, 6.45) is 4.27. The van der Waals surface area contributed by atoms with Crippen molar-refractivity contribution in [3.63, 3.8) is 0 Å². The maximum absolute atomic E-state index is 12.7. The lowest BCUT2D eigenvalue weighted by atomic mass is 9.85. The van der Waals surface area contributed by atoms with E-state index in [2.05, 4.69) is 20.9 Å². The van der Waals surface area contributed by atoms with Crippen LogP contribution in [0, 0.1) is 5.41 Å². The van der Waals surface area contributed by atoms with Gasteiger partial charge in [0.25, 0.3) is 0 Å². The number of rotatable bonds is 9. The Morgan fingerprint density at radius 2 is 1.73 bits per heavy atom. The van der Waals surface area contributed by atoms with Crippen LogP contribution >= 0.6 is 24.0 Å². The normalized spacial score (nSPS) is 15.1. The number of benzene rings is 1. The molecule has 0 heterocycles. The molecule has 0 aliphatic heterocycles. The van der Waals surface area contributed by atoms with Crippen molar-refractivity contribution < 1.29 is 9.59 Å². The molecule has 2 rings (SSSR count). The Balaban J connectivity index is 0.00000450. The smallest absolute Gasteiger partial charge is 0.230 e. The van der Waals surface area contributed by atoms with Gasteiger partial charge in [-0.25, -0.2) is 0 Å². The van der Waals surface area contributed by atoms with Gasteiger partial charge in [0.15, 0.2) is 5.96 Å². The molecular formula is C22H36IN5O2. The van der Waals surface area contributed by atoms with Gasteiger partial charge >= 0.3 is 0 Å². The van der Waals surface area contributed by atoms with Crippen LogP contribution in [-0.2, 0) is 16.1 Å². The zero-order valence-corrected chi connectivity index (χ0v) is 20.7. The number of guanidine groups is 1. The van der Waals surface area contributed by atoms with Crippen molar-refractivity contribution >= 4 is 41.8 Å². The Morgan fingerprint density at radius 3 is 2.33 bits per heavy atom. The van der Waals surface area contributed by atoms with Crippen molar-refractivity contribution in [3.8, 4) is 0 Å². The first-order chi connectivity index (χ1) is 14.0. The van der Waals surface area contributed by atoms with Gasteiger partial charge in [-0.05, 0) is 25.3 Å². The summed E-state index contributed by atoms with van der Waals surface area (Å²) in [5.74, 6) is 0.809. The molecule has 1 fully saturated rings. The van der Waals surface area contributed by atoms with E-state index < -0.39 is 0 Å². The molecule has 0 unspecified atom stereocenters. The summed E-state index contributed by atoms with van der Waals surface area (Å²) < 4.78 is 0. The third-order valence-corrected chi connectivity index (χ3v) is 5.28. The van der Waals surface area contributed by atoms with Crippen LogP contribution in [0.5, 0.6) is 0 Å². The summed E-state index contributed by atoms with van der Waals surface area (Å²) in [7, 11) is 3.62. The van der Waals surface area contributed by atoms with Crippen LogP contribution in [-0.4, -0.2) is 56.4 Å². The molecule has 1 aliphatic rings. The molecular weight excluding hydrogens is 493 g/mol. The van der Waals surface area contributed by atoms with Gasteiger partial charge in [-0.2, -0.15) is 0 Å². The van der Waals surface area contributed by atoms with Crippen LogP contribution in [0.4, 0.5) is 0 Å². The minimum absolute atomic E-state index is 0. The predicted molar refractivity (Wildman–Crippen MR) is 132 cm³/mol. The highest BCUT2D eigenvalue weighted by atomic mass is 127. The number of carbonyl (C=O) groups excluding carboxylic acids is 2. The molecule has 0 aromatic heterocycles. The average molecular weight is 529 g/mol. The summed E-state index contributed by atoms with van der Waals surface area (Å²) in [6, 6.07) is 9.85. The van der Waals surface area contributed by atoms with E-state index in [0.29, 0.717) is 32.0 Å². The van der Waals surface area contributed by atoms with E-state index in [-0.39, 0.29) is 41.2 Å². The van der Waals surface area contributed by atoms with Crippen molar-refractivity contribution in [2.45, 2.75) is 45.6 Å². The minimum Gasteiger partial charge on any atom is -0.357 e. The monoisotopic (exact) mass is 529 g/mol. The van der Waals surface area contributed by atoms with Crippen molar-refractivity contribution in [3.05, 3.63) is 35.9 Å². The topological polar surface area (TPSA) is 85.8 Å². The van der Waals surface area contributed by atoms with Gasteiger partial charge in [0.1, 0.15) is 0 Å². The average Bonchev–Trinajstić information content (AvgIpc) is 3.20. The van der Waals surface area contributed by atoms with E-state index in [1.807, 2.05) is 51.4 Å². The fraction of sp³-hybridized carbons (Fsp3) is 0.591. The summed E-state index contributed by atoms with van der Waals surface area (Å²) in [4.78, 5) is 31.1. The molecule has 0 bridgehead atoms. The number of nitrogens with zero attached hydrogens (tertiary/aromatic N) is 2. The highest BCUT2D eigenvalue weighted by molar-refractivity contribution is 14.0. The third-order valence-electron chi connectivity index (χ3n) is 5.28. The Labute approximate surface area is 197 Å². The van der Waals surface area contributed by atoms with Crippen LogP contribution in [0.1, 0.15) is 44.6 Å². The summed E-state index contributed by atoms with van der Waals surface area (Å²) >= 11 is 0. The Bertz CT molecular complexity index is 688. The Hall–Kier alpha value is -1.84. The Kier molecular flexibility index (Phi) is 11.8. The van der Waals surface area contributed by atoms with Gasteiger partial charge < -0.3 is 20.9 Å². The van der Waals surface area contributed by atoms with Crippen molar-refractivity contribution in [2.24, 2.45) is 10.4 Å². The van der Waals surface area contributed by atoms with Gasteiger partial charge in [0, 0.05) is 40.2 Å². The molecule has 2 amide bonds. The predicted octanol–water partition coefficient (Wildman–Crippen LogP) is 2.51. The van der Waals surface area contributed by atoms with Gasteiger partial charge in [-0.15, -0.1) is 24.0 Å². The quantitative estimate of drug-likeness (QED) is 0.261. The van der Waals surface area contributed by atoms with Crippen molar-refractivity contribution in [1.29, 1.82) is 0 Å². The second-order valence-electron chi connectivity index (χ2n) is 7.82. The van der Waals surface area contributed by atoms with E-state index in [4.69, 9.17) is 0 Å². The zero-order chi connectivity index (χ0) is 21.1. The largest absolute Gasteiger partial charge is 0.357 e. The van der Waals surface area contributed by atoms with Gasteiger partial charge in [0.2, 0.25) is 11.8 Å². The van der Waals surface area contributed by atoms with E-state index in [0.717, 1.165) is 37.8 Å². The molecule has 1 aromatic rings. The van der Waals surface area contributed by atoms with Crippen molar-refractivity contribution in [1.82, 2.24) is 20.9 Å². The van der Waals surface area contributed by atoms with E-state index >= 15 is 0 Å².